The maximum atomic E-state index is 12.5. The van der Waals surface area contributed by atoms with Gasteiger partial charge in [0, 0.05) is 23.3 Å². The minimum absolute atomic E-state index is 0.0372. The van der Waals surface area contributed by atoms with Crippen LogP contribution in [0.3, 0.4) is 0 Å². The van der Waals surface area contributed by atoms with Crippen molar-refractivity contribution in [2.75, 3.05) is 11.9 Å². The molecule has 1 heterocycles. The number of nitrogens with zero attached hydrogens (tertiary/aromatic N) is 1. The first-order valence-corrected chi connectivity index (χ1v) is 10.3. The van der Waals surface area contributed by atoms with E-state index in [-0.39, 0.29) is 5.91 Å². The predicted octanol–water partition coefficient (Wildman–Crippen LogP) is 5.37. The van der Waals surface area contributed by atoms with Crippen molar-refractivity contribution in [1.29, 1.82) is 0 Å². The number of carbonyl (C=O) groups excluding carboxylic acids is 1. The third-order valence-corrected chi connectivity index (χ3v) is 6.51. The molecule has 3 nitrogen and oxygen atoms in total. The standard InChI is InChI=1S/C24H30N2O/c1-17-6-3-4-8-23(17)24(27)25-21-12-9-19(10-13-21)20-11-14-22(16-20)26-15-5-7-18(26)2/h3-4,6,8-10,12-13,18,20,22H,5,7,11,14-16H2,1-2H3,(H,25,27)/t18?,20-,22?/m0/s1. The van der Waals surface area contributed by atoms with E-state index in [9.17, 15) is 4.79 Å². The lowest BCUT2D eigenvalue weighted by Gasteiger charge is -2.28. The van der Waals surface area contributed by atoms with Crippen molar-refractivity contribution in [3.63, 3.8) is 0 Å². The quantitative estimate of drug-likeness (QED) is 0.793. The molecule has 3 atom stereocenters. The fourth-order valence-electron chi connectivity index (χ4n) is 4.92. The summed E-state index contributed by atoms with van der Waals surface area (Å²) in [6.07, 6.45) is 6.59. The van der Waals surface area contributed by atoms with Crippen molar-refractivity contribution in [3.8, 4) is 0 Å². The number of rotatable bonds is 4. The van der Waals surface area contributed by atoms with E-state index in [1.54, 1.807) is 0 Å². The zero-order chi connectivity index (χ0) is 18.8. The average Bonchev–Trinajstić information content (AvgIpc) is 3.31. The molecule has 2 aromatic rings. The monoisotopic (exact) mass is 362 g/mol. The van der Waals surface area contributed by atoms with Gasteiger partial charge in [0.15, 0.2) is 0 Å². The summed E-state index contributed by atoms with van der Waals surface area (Å²) >= 11 is 0. The smallest absolute Gasteiger partial charge is 0.255 e. The van der Waals surface area contributed by atoms with Crippen LogP contribution in [0.2, 0.25) is 0 Å². The summed E-state index contributed by atoms with van der Waals surface area (Å²) in [5, 5.41) is 3.03. The van der Waals surface area contributed by atoms with Gasteiger partial charge >= 0.3 is 0 Å². The summed E-state index contributed by atoms with van der Waals surface area (Å²) < 4.78 is 0. The summed E-state index contributed by atoms with van der Waals surface area (Å²) in [6, 6.07) is 17.7. The third-order valence-electron chi connectivity index (χ3n) is 6.51. The molecule has 0 bridgehead atoms. The average molecular weight is 363 g/mol. The fraction of sp³-hybridized carbons (Fsp3) is 0.458. The first kappa shape index (κ1) is 18.2. The second-order valence-electron chi connectivity index (χ2n) is 8.28. The topological polar surface area (TPSA) is 32.3 Å². The molecular weight excluding hydrogens is 332 g/mol. The normalized spacial score (nSPS) is 25.6. The summed E-state index contributed by atoms with van der Waals surface area (Å²) in [5.41, 5.74) is 4.02. The van der Waals surface area contributed by atoms with E-state index in [4.69, 9.17) is 0 Å². The Hall–Kier alpha value is -2.13. The van der Waals surface area contributed by atoms with Crippen molar-refractivity contribution in [3.05, 3.63) is 65.2 Å². The van der Waals surface area contributed by atoms with E-state index in [1.165, 1.54) is 44.2 Å². The van der Waals surface area contributed by atoms with Crippen LogP contribution < -0.4 is 5.32 Å². The molecule has 3 heteroatoms. The summed E-state index contributed by atoms with van der Waals surface area (Å²) in [5.74, 6) is 0.619. The van der Waals surface area contributed by atoms with Gasteiger partial charge in [-0.3, -0.25) is 9.69 Å². The SMILES string of the molecule is Cc1ccccc1C(=O)Nc1ccc([C@H]2CCC(N3CCCC3C)C2)cc1. The molecule has 2 unspecified atom stereocenters. The lowest BCUT2D eigenvalue weighted by Crippen LogP contribution is -2.35. The lowest BCUT2D eigenvalue weighted by atomic mass is 9.97. The zero-order valence-electron chi connectivity index (χ0n) is 16.4. The van der Waals surface area contributed by atoms with Gasteiger partial charge in [-0.15, -0.1) is 0 Å². The Bertz CT molecular complexity index is 798. The molecular formula is C24H30N2O. The Labute approximate surface area is 162 Å². The van der Waals surface area contributed by atoms with Crippen LogP contribution in [0.15, 0.2) is 48.5 Å². The van der Waals surface area contributed by atoms with E-state index in [2.05, 4.69) is 41.4 Å². The minimum Gasteiger partial charge on any atom is -0.322 e. The number of benzene rings is 2. The minimum atomic E-state index is -0.0372. The number of aryl methyl sites for hydroxylation is 1. The van der Waals surface area contributed by atoms with Crippen LogP contribution in [0.1, 0.15) is 66.4 Å². The van der Waals surface area contributed by atoms with Gasteiger partial charge in [-0.25, -0.2) is 0 Å². The van der Waals surface area contributed by atoms with Crippen LogP contribution in [0.5, 0.6) is 0 Å². The van der Waals surface area contributed by atoms with E-state index in [0.717, 1.165) is 28.9 Å². The van der Waals surface area contributed by atoms with Gasteiger partial charge in [-0.05, 0) is 87.7 Å². The summed E-state index contributed by atoms with van der Waals surface area (Å²) in [7, 11) is 0. The number of amides is 1. The molecule has 27 heavy (non-hydrogen) atoms. The van der Waals surface area contributed by atoms with Crippen LogP contribution in [-0.4, -0.2) is 29.4 Å². The van der Waals surface area contributed by atoms with Gasteiger partial charge < -0.3 is 5.32 Å². The number of anilines is 1. The molecule has 4 rings (SSSR count). The molecule has 1 aliphatic heterocycles. The highest BCUT2D eigenvalue weighted by Gasteiger charge is 2.34. The number of hydrogen-bond donors (Lipinski definition) is 1. The van der Waals surface area contributed by atoms with Gasteiger partial charge in [0.1, 0.15) is 0 Å². The van der Waals surface area contributed by atoms with E-state index in [0.29, 0.717) is 5.92 Å². The molecule has 0 spiro atoms. The maximum absolute atomic E-state index is 12.5. The fourth-order valence-corrected chi connectivity index (χ4v) is 4.92. The third kappa shape index (κ3) is 3.93. The Morgan fingerprint density at radius 3 is 2.52 bits per heavy atom. The van der Waals surface area contributed by atoms with Gasteiger partial charge in [0.05, 0.1) is 0 Å². The van der Waals surface area contributed by atoms with Crippen molar-refractivity contribution in [2.24, 2.45) is 0 Å². The van der Waals surface area contributed by atoms with Crippen molar-refractivity contribution >= 4 is 11.6 Å². The molecule has 1 amide bonds. The molecule has 1 N–H and O–H groups in total. The van der Waals surface area contributed by atoms with Gasteiger partial charge in [0.25, 0.3) is 5.91 Å². The van der Waals surface area contributed by atoms with Crippen LogP contribution >= 0.6 is 0 Å². The molecule has 142 valence electrons. The predicted molar refractivity (Wildman–Crippen MR) is 111 cm³/mol. The van der Waals surface area contributed by atoms with E-state index < -0.39 is 0 Å². The van der Waals surface area contributed by atoms with Gasteiger partial charge in [-0.2, -0.15) is 0 Å². The Kier molecular flexibility index (Phi) is 5.31. The molecule has 1 saturated heterocycles. The molecule has 1 aliphatic carbocycles. The van der Waals surface area contributed by atoms with Crippen molar-refractivity contribution in [2.45, 2.75) is 64.0 Å². The van der Waals surface area contributed by atoms with Crippen molar-refractivity contribution in [1.82, 2.24) is 4.90 Å². The number of hydrogen-bond acceptors (Lipinski definition) is 2. The van der Waals surface area contributed by atoms with E-state index >= 15 is 0 Å². The highest BCUT2D eigenvalue weighted by atomic mass is 16.1. The first-order valence-electron chi connectivity index (χ1n) is 10.3. The largest absolute Gasteiger partial charge is 0.322 e. The van der Waals surface area contributed by atoms with Gasteiger partial charge in [-0.1, -0.05) is 30.3 Å². The van der Waals surface area contributed by atoms with Crippen LogP contribution in [0.25, 0.3) is 0 Å². The lowest BCUT2D eigenvalue weighted by molar-refractivity contribution is 0.102. The number of nitrogens with one attached hydrogen (secondary N) is 1. The number of likely N-dealkylation sites (tertiary alicyclic amines) is 1. The zero-order valence-corrected chi connectivity index (χ0v) is 16.4. The first-order chi connectivity index (χ1) is 13.1. The highest BCUT2D eigenvalue weighted by Crippen LogP contribution is 2.39. The molecule has 2 aromatic carbocycles. The molecule has 1 saturated carbocycles. The Morgan fingerprint density at radius 2 is 1.81 bits per heavy atom. The van der Waals surface area contributed by atoms with Gasteiger partial charge in [0.2, 0.25) is 0 Å². The van der Waals surface area contributed by atoms with Crippen molar-refractivity contribution < 1.29 is 4.79 Å². The van der Waals surface area contributed by atoms with Crippen LogP contribution in [-0.2, 0) is 0 Å². The van der Waals surface area contributed by atoms with E-state index in [1.807, 2.05) is 31.2 Å². The van der Waals surface area contributed by atoms with Crippen LogP contribution in [0, 0.1) is 6.92 Å². The molecule has 2 fully saturated rings. The second kappa shape index (κ2) is 7.85. The Morgan fingerprint density at radius 1 is 1.04 bits per heavy atom. The molecule has 2 aliphatic rings. The highest BCUT2D eigenvalue weighted by molar-refractivity contribution is 6.05. The maximum Gasteiger partial charge on any atom is 0.255 e. The Balaban J connectivity index is 1.38. The summed E-state index contributed by atoms with van der Waals surface area (Å²) in [6.45, 7) is 5.63. The molecule has 0 radical (unpaired) electrons. The van der Waals surface area contributed by atoms with Crippen LogP contribution in [0.4, 0.5) is 5.69 Å². The number of carbonyl (C=O) groups is 1. The summed E-state index contributed by atoms with van der Waals surface area (Å²) in [4.78, 5) is 15.2. The second-order valence-corrected chi connectivity index (χ2v) is 8.28. The molecule has 0 aromatic heterocycles.